The van der Waals surface area contributed by atoms with E-state index in [1.54, 1.807) is 0 Å². The average Bonchev–Trinajstić information content (AvgIpc) is 2.47. The molecule has 2 atom stereocenters. The summed E-state index contributed by atoms with van der Waals surface area (Å²) in [6.45, 7) is 5.01. The zero-order valence-electron chi connectivity index (χ0n) is 8.02. The van der Waals surface area contributed by atoms with E-state index in [9.17, 15) is 4.39 Å². The van der Waals surface area contributed by atoms with Gasteiger partial charge in [-0.15, -0.1) is 0 Å². The smallest absolute Gasteiger partial charge is 0.117 e. The third kappa shape index (κ3) is 2.72. The van der Waals surface area contributed by atoms with E-state index < -0.39 is 6.17 Å². The van der Waals surface area contributed by atoms with Crippen LogP contribution in [0.1, 0.15) is 19.8 Å². The summed E-state index contributed by atoms with van der Waals surface area (Å²) in [4.78, 5) is 2.22. The highest BCUT2D eigenvalue weighted by Crippen LogP contribution is 2.13. The molecule has 2 unspecified atom stereocenters. The molecule has 1 saturated heterocycles. The van der Waals surface area contributed by atoms with Crippen molar-refractivity contribution in [3.8, 4) is 0 Å². The van der Waals surface area contributed by atoms with Gasteiger partial charge in [-0.3, -0.25) is 0 Å². The lowest BCUT2D eigenvalue weighted by molar-refractivity contribution is 0.259. The van der Waals surface area contributed by atoms with Crippen molar-refractivity contribution in [3.63, 3.8) is 0 Å². The molecule has 1 aliphatic rings. The molecule has 0 amide bonds. The van der Waals surface area contributed by atoms with E-state index in [0.717, 1.165) is 26.1 Å². The third-order valence-corrected chi connectivity index (χ3v) is 2.62. The van der Waals surface area contributed by atoms with Gasteiger partial charge in [-0.05, 0) is 39.5 Å². The van der Waals surface area contributed by atoms with Gasteiger partial charge in [0.15, 0.2) is 0 Å². The molecule has 0 bridgehead atoms. The van der Waals surface area contributed by atoms with Gasteiger partial charge in [0.05, 0.1) is 0 Å². The number of halogens is 1. The molecule has 3 heteroatoms. The van der Waals surface area contributed by atoms with Crippen molar-refractivity contribution in [2.24, 2.45) is 0 Å². The topological polar surface area (TPSA) is 15.3 Å². The lowest BCUT2D eigenvalue weighted by Crippen LogP contribution is -2.32. The van der Waals surface area contributed by atoms with E-state index in [0.29, 0.717) is 6.42 Å². The fraction of sp³-hybridized carbons (Fsp3) is 1.00. The molecule has 12 heavy (non-hydrogen) atoms. The molecule has 1 heterocycles. The van der Waals surface area contributed by atoms with Gasteiger partial charge in [-0.2, -0.15) is 0 Å². The van der Waals surface area contributed by atoms with Gasteiger partial charge in [-0.25, -0.2) is 4.39 Å². The van der Waals surface area contributed by atoms with Gasteiger partial charge in [0.1, 0.15) is 6.17 Å². The average molecular weight is 174 g/mol. The maximum Gasteiger partial charge on any atom is 0.117 e. The number of hydrogen-bond acceptors (Lipinski definition) is 2. The molecule has 0 saturated carbocycles. The first-order valence-electron chi connectivity index (χ1n) is 4.80. The van der Waals surface area contributed by atoms with Gasteiger partial charge >= 0.3 is 0 Å². The monoisotopic (exact) mass is 174 g/mol. The second-order valence-corrected chi connectivity index (χ2v) is 3.55. The Morgan fingerprint density at radius 2 is 2.33 bits per heavy atom. The van der Waals surface area contributed by atoms with Crippen LogP contribution in [0, 0.1) is 0 Å². The highest BCUT2D eigenvalue weighted by Gasteiger charge is 2.25. The van der Waals surface area contributed by atoms with Gasteiger partial charge in [0.25, 0.3) is 0 Å². The van der Waals surface area contributed by atoms with Crippen LogP contribution in [0.2, 0.25) is 0 Å². The molecule has 72 valence electrons. The summed E-state index contributed by atoms with van der Waals surface area (Å²) in [5.41, 5.74) is 0. The standard InChI is InChI=1S/C9H19FN2/c1-3-12(2)7-5-9-8(10)4-6-11-9/h8-9,11H,3-7H2,1-2H3. The number of nitrogens with one attached hydrogen (secondary N) is 1. The Morgan fingerprint density at radius 3 is 2.83 bits per heavy atom. The summed E-state index contributed by atoms with van der Waals surface area (Å²) < 4.78 is 13.1. The predicted octanol–water partition coefficient (Wildman–Crippen LogP) is 1.03. The van der Waals surface area contributed by atoms with Gasteiger partial charge < -0.3 is 10.2 Å². The zero-order valence-corrected chi connectivity index (χ0v) is 8.02. The first-order valence-corrected chi connectivity index (χ1v) is 4.80. The van der Waals surface area contributed by atoms with Crippen molar-refractivity contribution in [3.05, 3.63) is 0 Å². The fourth-order valence-corrected chi connectivity index (χ4v) is 1.54. The molecule has 1 aliphatic heterocycles. The first kappa shape index (κ1) is 9.93. The quantitative estimate of drug-likeness (QED) is 0.684. The molecule has 0 aromatic heterocycles. The van der Waals surface area contributed by atoms with Crippen molar-refractivity contribution in [2.75, 3.05) is 26.7 Å². The van der Waals surface area contributed by atoms with Crippen LogP contribution in [0.25, 0.3) is 0 Å². The Morgan fingerprint density at radius 1 is 1.58 bits per heavy atom. The second-order valence-electron chi connectivity index (χ2n) is 3.55. The lowest BCUT2D eigenvalue weighted by Gasteiger charge is -2.18. The fourth-order valence-electron chi connectivity index (χ4n) is 1.54. The van der Waals surface area contributed by atoms with E-state index in [2.05, 4.69) is 24.2 Å². The van der Waals surface area contributed by atoms with Crippen LogP contribution in [-0.2, 0) is 0 Å². The largest absolute Gasteiger partial charge is 0.311 e. The van der Waals surface area contributed by atoms with E-state index >= 15 is 0 Å². The SMILES string of the molecule is CCN(C)CCC1NCCC1F. The molecule has 0 radical (unpaired) electrons. The van der Waals surface area contributed by atoms with Crippen LogP contribution in [-0.4, -0.2) is 43.8 Å². The summed E-state index contributed by atoms with van der Waals surface area (Å²) in [7, 11) is 2.07. The Kier molecular flexibility index (Phi) is 3.95. The lowest BCUT2D eigenvalue weighted by atomic mass is 10.1. The zero-order chi connectivity index (χ0) is 8.97. The minimum atomic E-state index is -0.616. The summed E-state index contributed by atoms with van der Waals surface area (Å²) >= 11 is 0. The number of nitrogens with zero attached hydrogens (tertiary/aromatic N) is 1. The van der Waals surface area contributed by atoms with E-state index in [-0.39, 0.29) is 6.04 Å². The molecule has 1 N–H and O–H groups in total. The highest BCUT2D eigenvalue weighted by molar-refractivity contribution is 4.83. The summed E-state index contributed by atoms with van der Waals surface area (Å²) in [5, 5.41) is 3.18. The van der Waals surface area contributed by atoms with Gasteiger partial charge in [0, 0.05) is 6.04 Å². The normalized spacial score (nSPS) is 30.0. The van der Waals surface area contributed by atoms with E-state index in [1.165, 1.54) is 0 Å². The minimum Gasteiger partial charge on any atom is -0.311 e. The molecular weight excluding hydrogens is 155 g/mol. The molecule has 0 spiro atoms. The molecule has 1 rings (SSSR count). The maximum atomic E-state index is 13.1. The third-order valence-electron chi connectivity index (χ3n) is 2.62. The molecule has 0 aliphatic carbocycles. The second kappa shape index (κ2) is 4.77. The Bertz CT molecular complexity index is 130. The van der Waals surface area contributed by atoms with Crippen LogP contribution in [0.4, 0.5) is 4.39 Å². The first-order chi connectivity index (χ1) is 5.74. The van der Waals surface area contributed by atoms with Crippen molar-refractivity contribution in [1.29, 1.82) is 0 Å². The predicted molar refractivity (Wildman–Crippen MR) is 49.1 cm³/mol. The Balaban J connectivity index is 2.13. The van der Waals surface area contributed by atoms with Crippen molar-refractivity contribution in [1.82, 2.24) is 10.2 Å². The number of rotatable bonds is 4. The maximum absolute atomic E-state index is 13.1. The highest BCUT2D eigenvalue weighted by atomic mass is 19.1. The van der Waals surface area contributed by atoms with E-state index in [1.807, 2.05) is 0 Å². The Hall–Kier alpha value is -0.150. The van der Waals surface area contributed by atoms with Crippen molar-refractivity contribution >= 4 is 0 Å². The summed E-state index contributed by atoms with van der Waals surface area (Å²) in [6.07, 6.45) is 1.02. The van der Waals surface area contributed by atoms with Crippen LogP contribution in [0.5, 0.6) is 0 Å². The van der Waals surface area contributed by atoms with Crippen LogP contribution in [0.15, 0.2) is 0 Å². The molecule has 1 fully saturated rings. The van der Waals surface area contributed by atoms with Gasteiger partial charge in [0.2, 0.25) is 0 Å². The van der Waals surface area contributed by atoms with Crippen LogP contribution in [0.3, 0.4) is 0 Å². The van der Waals surface area contributed by atoms with Gasteiger partial charge in [-0.1, -0.05) is 6.92 Å². The molecule has 2 nitrogen and oxygen atoms in total. The molecule has 0 aromatic carbocycles. The van der Waals surface area contributed by atoms with Crippen LogP contribution < -0.4 is 5.32 Å². The number of hydrogen-bond donors (Lipinski definition) is 1. The summed E-state index contributed by atoms with van der Waals surface area (Å²) in [6, 6.07) is 0.110. The summed E-state index contributed by atoms with van der Waals surface area (Å²) in [5.74, 6) is 0. The van der Waals surface area contributed by atoms with E-state index in [4.69, 9.17) is 0 Å². The van der Waals surface area contributed by atoms with Crippen LogP contribution >= 0.6 is 0 Å². The Labute approximate surface area is 74.1 Å². The van der Waals surface area contributed by atoms with Crippen molar-refractivity contribution in [2.45, 2.75) is 32.0 Å². The molecular formula is C9H19FN2. The minimum absolute atomic E-state index is 0.110. The number of alkyl halides is 1. The molecule has 0 aromatic rings. The van der Waals surface area contributed by atoms with Crippen molar-refractivity contribution < 1.29 is 4.39 Å².